The fraction of sp³-hybridized carbons (Fsp3) is 0.296. The zero-order valence-corrected chi connectivity index (χ0v) is 22.7. The summed E-state index contributed by atoms with van der Waals surface area (Å²) in [4.78, 5) is 13.7. The number of hydrogen-bond acceptors (Lipinski definition) is 5. The number of aryl methyl sites for hydroxylation is 1. The molecule has 37 heavy (non-hydrogen) atoms. The van der Waals surface area contributed by atoms with Crippen molar-refractivity contribution in [1.82, 2.24) is 9.21 Å². The van der Waals surface area contributed by atoms with Gasteiger partial charge in [-0.05, 0) is 42.8 Å². The highest BCUT2D eigenvalue weighted by molar-refractivity contribution is 7.89. The van der Waals surface area contributed by atoms with E-state index in [1.165, 1.54) is 4.31 Å². The molecule has 0 spiro atoms. The van der Waals surface area contributed by atoms with Gasteiger partial charge in [0.15, 0.2) is 0 Å². The van der Waals surface area contributed by atoms with Crippen LogP contribution in [0.5, 0.6) is 5.75 Å². The van der Waals surface area contributed by atoms with Crippen molar-refractivity contribution >= 4 is 39.2 Å². The van der Waals surface area contributed by atoms with Crippen molar-refractivity contribution in [2.24, 2.45) is 0 Å². The molecule has 10 heteroatoms. The molecule has 3 aromatic rings. The molecule has 1 aliphatic heterocycles. The molecule has 1 heterocycles. The van der Waals surface area contributed by atoms with Gasteiger partial charge in [0.05, 0.1) is 11.3 Å². The van der Waals surface area contributed by atoms with E-state index < -0.39 is 16.0 Å². The molecule has 4 rings (SSSR count). The van der Waals surface area contributed by atoms with Gasteiger partial charge in [0.2, 0.25) is 10.0 Å². The molecule has 0 unspecified atom stereocenters. The van der Waals surface area contributed by atoms with Crippen LogP contribution in [0.2, 0.25) is 10.0 Å². The molecular formula is C27H28Cl2N2O5S. The number of benzene rings is 3. The topological polar surface area (TPSA) is 87.2 Å². The molecule has 0 saturated carbocycles. The van der Waals surface area contributed by atoms with E-state index in [1.807, 2.05) is 13.0 Å². The lowest BCUT2D eigenvalue weighted by molar-refractivity contribution is -0.136. The summed E-state index contributed by atoms with van der Waals surface area (Å²) in [6.07, 6.45) is -0.0983. The minimum atomic E-state index is -3.56. The second-order valence-corrected chi connectivity index (χ2v) is 11.8. The van der Waals surface area contributed by atoms with Crippen LogP contribution >= 0.6 is 23.2 Å². The molecule has 1 fully saturated rings. The van der Waals surface area contributed by atoms with Crippen LogP contribution in [0.4, 0.5) is 0 Å². The van der Waals surface area contributed by atoms with Crippen LogP contribution in [0.25, 0.3) is 0 Å². The van der Waals surface area contributed by atoms with E-state index in [0.29, 0.717) is 59.0 Å². The van der Waals surface area contributed by atoms with E-state index in [-0.39, 0.29) is 13.0 Å². The highest BCUT2D eigenvalue weighted by atomic mass is 35.5. The van der Waals surface area contributed by atoms with E-state index in [0.717, 1.165) is 16.7 Å². The molecule has 3 aromatic carbocycles. The van der Waals surface area contributed by atoms with Crippen LogP contribution in [0.3, 0.4) is 0 Å². The van der Waals surface area contributed by atoms with Crippen LogP contribution in [0.15, 0.2) is 65.6 Å². The Morgan fingerprint density at radius 2 is 1.65 bits per heavy atom. The molecular weight excluding hydrogens is 535 g/mol. The van der Waals surface area contributed by atoms with Gasteiger partial charge < -0.3 is 9.84 Å². The maximum Gasteiger partial charge on any atom is 0.307 e. The van der Waals surface area contributed by atoms with Crippen molar-refractivity contribution in [2.45, 2.75) is 31.4 Å². The minimum Gasteiger partial charge on any atom is -0.489 e. The number of carboxylic acids is 1. The first kappa shape index (κ1) is 27.4. The minimum absolute atomic E-state index is 0.0983. The molecule has 0 aromatic heterocycles. The second kappa shape index (κ2) is 11.8. The van der Waals surface area contributed by atoms with Gasteiger partial charge in [-0.1, -0.05) is 59.1 Å². The highest BCUT2D eigenvalue weighted by Crippen LogP contribution is 2.27. The fourth-order valence-electron chi connectivity index (χ4n) is 4.20. The Morgan fingerprint density at radius 3 is 2.30 bits per heavy atom. The quantitative estimate of drug-likeness (QED) is 0.394. The smallest absolute Gasteiger partial charge is 0.307 e. The highest BCUT2D eigenvalue weighted by Gasteiger charge is 2.28. The van der Waals surface area contributed by atoms with E-state index in [1.54, 1.807) is 54.6 Å². The van der Waals surface area contributed by atoms with Crippen LogP contribution in [0, 0.1) is 6.92 Å². The van der Waals surface area contributed by atoms with Crippen molar-refractivity contribution in [3.05, 3.63) is 93.0 Å². The standard InChI is InChI=1S/C27H28Cl2N2O5S/c1-19-2-7-24(8-3-19)37(34,35)31-12-10-30(11-13-31)17-22-14-20(15-27(32)33)4-9-26(22)36-18-21-5-6-23(28)16-25(21)29/h2-9,14,16H,10-13,15,17-18H2,1H3,(H,32,33). The number of carboxylic acid groups (broad SMARTS) is 1. The molecule has 7 nitrogen and oxygen atoms in total. The van der Waals surface area contributed by atoms with Crippen molar-refractivity contribution in [3.63, 3.8) is 0 Å². The summed E-state index contributed by atoms with van der Waals surface area (Å²) in [7, 11) is -3.56. The van der Waals surface area contributed by atoms with Gasteiger partial charge in [-0.2, -0.15) is 4.31 Å². The summed E-state index contributed by atoms with van der Waals surface area (Å²) in [5, 5.41) is 10.3. The molecule has 196 valence electrons. The van der Waals surface area contributed by atoms with Gasteiger partial charge in [0.25, 0.3) is 0 Å². The van der Waals surface area contributed by atoms with Crippen LogP contribution in [-0.4, -0.2) is 54.9 Å². The van der Waals surface area contributed by atoms with Crippen molar-refractivity contribution < 1.29 is 23.1 Å². The van der Waals surface area contributed by atoms with Gasteiger partial charge in [-0.15, -0.1) is 0 Å². The van der Waals surface area contributed by atoms with Crippen molar-refractivity contribution in [1.29, 1.82) is 0 Å². The molecule has 0 atom stereocenters. The summed E-state index contributed by atoms with van der Waals surface area (Å²) < 4.78 is 33.7. The number of sulfonamides is 1. The summed E-state index contributed by atoms with van der Waals surface area (Å²) in [5.41, 5.74) is 3.28. The maximum atomic E-state index is 13.0. The molecule has 1 saturated heterocycles. The Bertz CT molecular complexity index is 1370. The third-order valence-electron chi connectivity index (χ3n) is 6.26. The Hall–Kier alpha value is -2.62. The third kappa shape index (κ3) is 7.03. The van der Waals surface area contributed by atoms with Crippen molar-refractivity contribution in [3.8, 4) is 5.75 Å². The first-order valence-electron chi connectivity index (χ1n) is 11.8. The normalized spacial score (nSPS) is 15.0. The molecule has 0 bridgehead atoms. The van der Waals surface area contributed by atoms with Gasteiger partial charge in [-0.25, -0.2) is 8.42 Å². The zero-order chi connectivity index (χ0) is 26.6. The van der Waals surface area contributed by atoms with Gasteiger partial charge in [-0.3, -0.25) is 9.69 Å². The lowest BCUT2D eigenvalue weighted by Crippen LogP contribution is -2.48. The molecule has 0 aliphatic carbocycles. The number of ether oxygens (including phenoxy) is 1. The Kier molecular flexibility index (Phi) is 8.77. The van der Waals surface area contributed by atoms with Crippen LogP contribution in [-0.2, 0) is 34.4 Å². The number of piperazine rings is 1. The summed E-state index contributed by atoms with van der Waals surface area (Å²) in [5.74, 6) is -0.294. The third-order valence-corrected chi connectivity index (χ3v) is 8.76. The Labute approximate surface area is 227 Å². The molecule has 1 N–H and O–H groups in total. The number of hydrogen-bond donors (Lipinski definition) is 1. The predicted octanol–water partition coefficient (Wildman–Crippen LogP) is 5.01. The molecule has 0 radical (unpaired) electrons. The Balaban J connectivity index is 1.46. The lowest BCUT2D eigenvalue weighted by Gasteiger charge is -2.34. The lowest BCUT2D eigenvalue weighted by atomic mass is 10.1. The summed E-state index contributed by atoms with van der Waals surface area (Å²) in [6.45, 7) is 4.44. The largest absolute Gasteiger partial charge is 0.489 e. The first-order chi connectivity index (χ1) is 17.6. The monoisotopic (exact) mass is 562 g/mol. The number of rotatable bonds is 9. The van der Waals surface area contributed by atoms with Crippen LogP contribution in [0.1, 0.15) is 22.3 Å². The number of aliphatic carboxylic acids is 1. The average molecular weight is 564 g/mol. The summed E-state index contributed by atoms with van der Waals surface area (Å²) in [6, 6.07) is 17.4. The fourth-order valence-corrected chi connectivity index (χ4v) is 6.09. The van der Waals surface area contributed by atoms with E-state index in [9.17, 15) is 18.3 Å². The van der Waals surface area contributed by atoms with Gasteiger partial charge in [0, 0.05) is 53.9 Å². The van der Waals surface area contributed by atoms with E-state index in [2.05, 4.69) is 4.90 Å². The zero-order valence-electron chi connectivity index (χ0n) is 20.4. The van der Waals surface area contributed by atoms with E-state index >= 15 is 0 Å². The van der Waals surface area contributed by atoms with E-state index in [4.69, 9.17) is 27.9 Å². The predicted molar refractivity (Wildman–Crippen MR) is 144 cm³/mol. The second-order valence-electron chi connectivity index (χ2n) is 9.03. The number of carbonyl (C=O) groups is 1. The SMILES string of the molecule is Cc1ccc(S(=O)(=O)N2CCN(Cc3cc(CC(=O)O)ccc3OCc3ccc(Cl)cc3Cl)CC2)cc1. The molecule has 1 aliphatic rings. The summed E-state index contributed by atoms with van der Waals surface area (Å²) >= 11 is 12.3. The van der Waals surface area contributed by atoms with Gasteiger partial charge in [0.1, 0.15) is 12.4 Å². The number of halogens is 2. The Morgan fingerprint density at radius 1 is 0.946 bits per heavy atom. The maximum absolute atomic E-state index is 13.0. The number of nitrogens with zero attached hydrogens (tertiary/aromatic N) is 2. The average Bonchev–Trinajstić information content (AvgIpc) is 2.85. The molecule has 0 amide bonds. The van der Waals surface area contributed by atoms with Crippen LogP contribution < -0.4 is 4.74 Å². The van der Waals surface area contributed by atoms with Crippen molar-refractivity contribution in [2.75, 3.05) is 26.2 Å². The van der Waals surface area contributed by atoms with Gasteiger partial charge >= 0.3 is 5.97 Å². The first-order valence-corrected chi connectivity index (χ1v) is 14.0.